The lowest BCUT2D eigenvalue weighted by molar-refractivity contribution is 0.0893. The molecule has 0 aliphatic rings. The third-order valence-corrected chi connectivity index (χ3v) is 1.99. The van der Waals surface area contributed by atoms with Crippen LogP contribution in [0.3, 0.4) is 0 Å². The van der Waals surface area contributed by atoms with Crippen molar-refractivity contribution >= 4 is 0 Å². The van der Waals surface area contributed by atoms with E-state index in [4.69, 9.17) is 14.6 Å². The molecule has 2 N–H and O–H groups in total. The van der Waals surface area contributed by atoms with Crippen molar-refractivity contribution in [2.45, 2.75) is 25.8 Å². The molecule has 14 heavy (non-hydrogen) atoms. The third-order valence-electron chi connectivity index (χ3n) is 1.99. The van der Waals surface area contributed by atoms with Crippen LogP contribution in [0.25, 0.3) is 0 Å². The van der Waals surface area contributed by atoms with E-state index in [0.29, 0.717) is 19.3 Å². The molecule has 0 bridgehead atoms. The minimum Gasteiger partial charge on any atom is -0.394 e. The molecule has 0 saturated carbocycles. The summed E-state index contributed by atoms with van der Waals surface area (Å²) in [6.45, 7) is 5.08. The van der Waals surface area contributed by atoms with Crippen molar-refractivity contribution in [3.63, 3.8) is 0 Å². The second-order valence-electron chi connectivity index (χ2n) is 3.20. The Kier molecular flexibility index (Phi) is 10.8. The van der Waals surface area contributed by atoms with Gasteiger partial charge < -0.3 is 19.9 Å². The van der Waals surface area contributed by atoms with E-state index in [1.807, 2.05) is 0 Å². The van der Waals surface area contributed by atoms with Gasteiger partial charge in [0.05, 0.1) is 19.8 Å². The Labute approximate surface area is 86.6 Å². The van der Waals surface area contributed by atoms with Crippen LogP contribution in [0.15, 0.2) is 0 Å². The predicted octanol–water partition coefficient (Wildman–Crippen LogP) is 0.400. The number of methoxy groups -OCH3 is 1. The van der Waals surface area contributed by atoms with Gasteiger partial charge in [-0.3, -0.25) is 0 Å². The van der Waals surface area contributed by atoms with Gasteiger partial charge in [-0.2, -0.15) is 0 Å². The van der Waals surface area contributed by atoms with Crippen molar-refractivity contribution < 1.29 is 14.6 Å². The van der Waals surface area contributed by atoms with E-state index >= 15 is 0 Å². The van der Waals surface area contributed by atoms with Crippen LogP contribution in [0, 0.1) is 0 Å². The Morgan fingerprint density at radius 2 is 2.14 bits per heavy atom. The molecular weight excluding hydrogens is 182 g/mol. The highest BCUT2D eigenvalue weighted by Crippen LogP contribution is 1.91. The largest absolute Gasteiger partial charge is 0.394 e. The molecule has 0 rings (SSSR count). The first-order chi connectivity index (χ1) is 6.85. The molecule has 0 saturated heterocycles. The van der Waals surface area contributed by atoms with E-state index in [9.17, 15) is 0 Å². The SMILES string of the molecule is CCC(COC)NCCCOCCO. The Bertz CT molecular complexity index is 112. The molecule has 1 atom stereocenters. The first-order valence-corrected chi connectivity index (χ1v) is 5.26. The second kappa shape index (κ2) is 10.9. The summed E-state index contributed by atoms with van der Waals surface area (Å²) >= 11 is 0. The maximum atomic E-state index is 8.46. The molecule has 0 heterocycles. The first kappa shape index (κ1) is 13.8. The van der Waals surface area contributed by atoms with Crippen molar-refractivity contribution in [1.29, 1.82) is 0 Å². The molecule has 0 aromatic heterocycles. The predicted molar refractivity (Wildman–Crippen MR) is 56.5 cm³/mol. The van der Waals surface area contributed by atoms with E-state index < -0.39 is 0 Å². The Morgan fingerprint density at radius 1 is 1.36 bits per heavy atom. The lowest BCUT2D eigenvalue weighted by atomic mass is 10.2. The van der Waals surface area contributed by atoms with Crippen molar-refractivity contribution in [2.24, 2.45) is 0 Å². The van der Waals surface area contributed by atoms with Crippen molar-refractivity contribution in [2.75, 3.05) is 40.1 Å². The van der Waals surface area contributed by atoms with Gasteiger partial charge in [-0.25, -0.2) is 0 Å². The molecule has 1 unspecified atom stereocenters. The second-order valence-corrected chi connectivity index (χ2v) is 3.20. The molecule has 0 fully saturated rings. The number of rotatable bonds is 10. The molecule has 0 aliphatic carbocycles. The van der Waals surface area contributed by atoms with Gasteiger partial charge in [-0.05, 0) is 19.4 Å². The Balaban J connectivity index is 3.15. The summed E-state index contributed by atoms with van der Waals surface area (Å²) in [5.41, 5.74) is 0. The summed E-state index contributed by atoms with van der Waals surface area (Å²) in [4.78, 5) is 0. The lowest BCUT2D eigenvalue weighted by Crippen LogP contribution is -2.33. The van der Waals surface area contributed by atoms with Crippen LogP contribution in [0.1, 0.15) is 19.8 Å². The van der Waals surface area contributed by atoms with E-state index in [1.165, 1.54) is 0 Å². The average Bonchev–Trinajstić information content (AvgIpc) is 2.21. The minimum absolute atomic E-state index is 0.106. The average molecular weight is 205 g/mol. The third kappa shape index (κ3) is 8.44. The number of hydrogen-bond donors (Lipinski definition) is 2. The monoisotopic (exact) mass is 205 g/mol. The van der Waals surface area contributed by atoms with E-state index in [0.717, 1.165) is 26.0 Å². The Hall–Kier alpha value is -0.160. The molecule has 0 amide bonds. The van der Waals surface area contributed by atoms with Crippen LogP contribution >= 0.6 is 0 Å². The number of nitrogens with one attached hydrogen (secondary N) is 1. The normalized spacial score (nSPS) is 13.1. The quantitative estimate of drug-likeness (QED) is 0.507. The van der Waals surface area contributed by atoms with Crippen molar-refractivity contribution in [3.8, 4) is 0 Å². The zero-order valence-electron chi connectivity index (χ0n) is 9.29. The highest BCUT2D eigenvalue weighted by molar-refractivity contribution is 4.62. The number of aliphatic hydroxyl groups excluding tert-OH is 1. The molecular formula is C10H23NO3. The van der Waals surface area contributed by atoms with Crippen molar-refractivity contribution in [1.82, 2.24) is 5.32 Å². The van der Waals surface area contributed by atoms with Gasteiger partial charge in [0.2, 0.25) is 0 Å². The molecule has 86 valence electrons. The smallest absolute Gasteiger partial charge is 0.0697 e. The molecule has 4 heteroatoms. The summed E-state index contributed by atoms with van der Waals surface area (Å²) in [5, 5.41) is 11.8. The van der Waals surface area contributed by atoms with Crippen LogP contribution in [0.4, 0.5) is 0 Å². The van der Waals surface area contributed by atoms with Gasteiger partial charge in [-0.15, -0.1) is 0 Å². The Morgan fingerprint density at radius 3 is 2.71 bits per heavy atom. The number of hydrogen-bond acceptors (Lipinski definition) is 4. The van der Waals surface area contributed by atoms with Crippen LogP contribution < -0.4 is 5.32 Å². The molecule has 0 spiro atoms. The summed E-state index contributed by atoms with van der Waals surface area (Å²) in [5.74, 6) is 0. The van der Waals surface area contributed by atoms with Crippen LogP contribution in [0.5, 0.6) is 0 Å². The first-order valence-electron chi connectivity index (χ1n) is 5.26. The molecule has 4 nitrogen and oxygen atoms in total. The van der Waals surface area contributed by atoms with Gasteiger partial charge in [0, 0.05) is 19.8 Å². The zero-order valence-corrected chi connectivity index (χ0v) is 9.29. The number of aliphatic hydroxyl groups is 1. The molecule has 0 aromatic carbocycles. The fourth-order valence-electron chi connectivity index (χ4n) is 1.17. The van der Waals surface area contributed by atoms with Gasteiger partial charge >= 0.3 is 0 Å². The van der Waals surface area contributed by atoms with Gasteiger partial charge in [0.1, 0.15) is 0 Å². The van der Waals surface area contributed by atoms with Crippen molar-refractivity contribution in [3.05, 3.63) is 0 Å². The maximum Gasteiger partial charge on any atom is 0.0697 e. The number of ether oxygens (including phenoxy) is 2. The summed E-state index contributed by atoms with van der Waals surface area (Å²) in [7, 11) is 1.72. The van der Waals surface area contributed by atoms with E-state index in [-0.39, 0.29) is 6.61 Å². The standard InChI is InChI=1S/C10H23NO3/c1-3-10(9-13-2)11-5-4-7-14-8-6-12/h10-12H,3-9H2,1-2H3. The summed E-state index contributed by atoms with van der Waals surface area (Å²) in [6, 6.07) is 0.442. The molecule has 0 aliphatic heterocycles. The molecule has 0 radical (unpaired) electrons. The van der Waals surface area contributed by atoms with Gasteiger partial charge in [-0.1, -0.05) is 6.92 Å². The highest BCUT2D eigenvalue weighted by atomic mass is 16.5. The van der Waals surface area contributed by atoms with E-state index in [2.05, 4.69) is 12.2 Å². The topological polar surface area (TPSA) is 50.7 Å². The fraction of sp³-hybridized carbons (Fsp3) is 1.00. The highest BCUT2D eigenvalue weighted by Gasteiger charge is 2.02. The fourth-order valence-corrected chi connectivity index (χ4v) is 1.17. The van der Waals surface area contributed by atoms with Crippen LogP contribution in [0.2, 0.25) is 0 Å². The lowest BCUT2D eigenvalue weighted by Gasteiger charge is -2.15. The maximum absolute atomic E-state index is 8.46. The van der Waals surface area contributed by atoms with Gasteiger partial charge in [0.25, 0.3) is 0 Å². The van der Waals surface area contributed by atoms with Crippen LogP contribution in [-0.4, -0.2) is 51.2 Å². The van der Waals surface area contributed by atoms with Gasteiger partial charge in [0.15, 0.2) is 0 Å². The summed E-state index contributed by atoms with van der Waals surface area (Å²) < 4.78 is 10.2. The van der Waals surface area contributed by atoms with E-state index in [1.54, 1.807) is 7.11 Å². The molecule has 0 aromatic rings. The zero-order chi connectivity index (χ0) is 10.6. The summed E-state index contributed by atoms with van der Waals surface area (Å²) in [6.07, 6.45) is 2.05. The minimum atomic E-state index is 0.106. The van der Waals surface area contributed by atoms with Crippen LogP contribution in [-0.2, 0) is 9.47 Å².